The van der Waals surface area contributed by atoms with Crippen LogP contribution in [0.1, 0.15) is 36.1 Å². The molecule has 1 N–H and O–H groups in total. The first-order valence-electron chi connectivity index (χ1n) is 7.19. The quantitative estimate of drug-likeness (QED) is 0.871. The summed E-state index contributed by atoms with van der Waals surface area (Å²) in [5, 5.41) is 3.39. The van der Waals surface area contributed by atoms with Crippen LogP contribution in [0.2, 0.25) is 0 Å². The van der Waals surface area contributed by atoms with Crippen molar-refractivity contribution in [3.05, 3.63) is 65.0 Å². The van der Waals surface area contributed by atoms with Gasteiger partial charge in [0.25, 0.3) is 0 Å². The molecule has 2 rings (SSSR count). The van der Waals surface area contributed by atoms with Crippen LogP contribution in [0.3, 0.4) is 0 Å². The van der Waals surface area contributed by atoms with Gasteiger partial charge in [0.05, 0.1) is 0 Å². The van der Waals surface area contributed by atoms with E-state index in [-0.39, 0.29) is 11.9 Å². The standard InChI is InChI=1S/C17H20F2N2/c1-3-7-21-17(15-11-20-8-6-12(15)2)10-13-9-14(18)4-5-16(13)19/h4-6,8-9,11,17,21H,3,7,10H2,1-2H3. The minimum atomic E-state index is -0.413. The molecule has 4 heteroatoms. The molecule has 0 saturated heterocycles. The lowest BCUT2D eigenvalue weighted by molar-refractivity contribution is 0.506. The van der Waals surface area contributed by atoms with E-state index in [4.69, 9.17) is 0 Å². The molecule has 1 heterocycles. The molecule has 2 aromatic rings. The molecule has 112 valence electrons. The molecule has 0 aliphatic heterocycles. The number of hydrogen-bond donors (Lipinski definition) is 1. The summed E-state index contributed by atoms with van der Waals surface area (Å²) in [5.41, 5.74) is 2.50. The fraction of sp³-hybridized carbons (Fsp3) is 0.353. The molecule has 0 saturated carbocycles. The van der Waals surface area contributed by atoms with Gasteiger partial charge in [-0.25, -0.2) is 8.78 Å². The second-order valence-electron chi connectivity index (χ2n) is 5.18. The topological polar surface area (TPSA) is 24.9 Å². The predicted octanol–water partition coefficient (Wildman–Crippen LogP) is 3.95. The van der Waals surface area contributed by atoms with Gasteiger partial charge in [-0.15, -0.1) is 0 Å². The van der Waals surface area contributed by atoms with Gasteiger partial charge in [0.1, 0.15) is 11.6 Å². The smallest absolute Gasteiger partial charge is 0.126 e. The van der Waals surface area contributed by atoms with Crippen LogP contribution < -0.4 is 5.32 Å². The summed E-state index contributed by atoms with van der Waals surface area (Å²) in [5.74, 6) is -0.787. The molecule has 0 amide bonds. The van der Waals surface area contributed by atoms with Crippen molar-refractivity contribution < 1.29 is 8.78 Å². The van der Waals surface area contributed by atoms with Gasteiger partial charge in [-0.2, -0.15) is 0 Å². The third kappa shape index (κ3) is 4.08. The molecule has 1 unspecified atom stereocenters. The minimum Gasteiger partial charge on any atom is -0.310 e. The fourth-order valence-electron chi connectivity index (χ4n) is 2.37. The first-order valence-corrected chi connectivity index (χ1v) is 7.19. The van der Waals surface area contributed by atoms with Gasteiger partial charge in [0.15, 0.2) is 0 Å². The van der Waals surface area contributed by atoms with E-state index in [2.05, 4.69) is 17.2 Å². The summed E-state index contributed by atoms with van der Waals surface area (Å²) >= 11 is 0. The second-order valence-corrected chi connectivity index (χ2v) is 5.18. The highest BCUT2D eigenvalue weighted by atomic mass is 19.1. The minimum absolute atomic E-state index is 0.0741. The summed E-state index contributed by atoms with van der Waals surface area (Å²) in [4.78, 5) is 4.15. The fourth-order valence-corrected chi connectivity index (χ4v) is 2.37. The number of pyridine rings is 1. The molecule has 0 aliphatic rings. The van der Waals surface area contributed by atoms with Gasteiger partial charge in [-0.3, -0.25) is 4.98 Å². The van der Waals surface area contributed by atoms with Gasteiger partial charge in [0, 0.05) is 18.4 Å². The van der Waals surface area contributed by atoms with Gasteiger partial charge < -0.3 is 5.32 Å². The van der Waals surface area contributed by atoms with Crippen LogP contribution in [0.4, 0.5) is 8.78 Å². The third-order valence-electron chi connectivity index (χ3n) is 3.53. The summed E-state index contributed by atoms with van der Waals surface area (Å²) in [7, 11) is 0. The van der Waals surface area contributed by atoms with E-state index in [0.717, 1.165) is 30.2 Å². The van der Waals surface area contributed by atoms with E-state index in [1.54, 1.807) is 12.4 Å². The molecule has 1 aromatic carbocycles. The Bertz CT molecular complexity index is 599. The first kappa shape index (κ1) is 15.6. The number of aryl methyl sites for hydroxylation is 1. The van der Waals surface area contributed by atoms with Crippen LogP contribution in [-0.2, 0) is 6.42 Å². The lowest BCUT2D eigenvalue weighted by atomic mass is 9.96. The molecular weight excluding hydrogens is 270 g/mol. The Balaban J connectivity index is 2.28. The van der Waals surface area contributed by atoms with Crippen molar-refractivity contribution >= 4 is 0 Å². The van der Waals surface area contributed by atoms with E-state index in [1.807, 2.05) is 13.0 Å². The molecule has 1 aromatic heterocycles. The van der Waals surface area contributed by atoms with Crippen LogP contribution >= 0.6 is 0 Å². The average molecular weight is 290 g/mol. The lowest BCUT2D eigenvalue weighted by Crippen LogP contribution is -2.25. The molecular formula is C17H20F2N2. The molecule has 0 aliphatic carbocycles. The summed E-state index contributed by atoms with van der Waals surface area (Å²) < 4.78 is 27.2. The monoisotopic (exact) mass is 290 g/mol. The molecule has 0 spiro atoms. The highest BCUT2D eigenvalue weighted by molar-refractivity contribution is 5.28. The highest BCUT2D eigenvalue weighted by Gasteiger charge is 2.16. The van der Waals surface area contributed by atoms with E-state index in [9.17, 15) is 8.78 Å². The maximum Gasteiger partial charge on any atom is 0.126 e. The molecule has 0 radical (unpaired) electrons. The number of aromatic nitrogens is 1. The molecule has 0 fully saturated rings. The maximum absolute atomic E-state index is 13.9. The van der Waals surface area contributed by atoms with E-state index in [0.29, 0.717) is 12.0 Å². The number of rotatable bonds is 6. The largest absolute Gasteiger partial charge is 0.310 e. The van der Waals surface area contributed by atoms with Gasteiger partial charge in [0.2, 0.25) is 0 Å². The molecule has 1 atom stereocenters. The van der Waals surface area contributed by atoms with Gasteiger partial charge in [-0.05, 0) is 67.3 Å². The van der Waals surface area contributed by atoms with Crippen molar-refractivity contribution in [3.63, 3.8) is 0 Å². The van der Waals surface area contributed by atoms with Crippen molar-refractivity contribution in [2.24, 2.45) is 0 Å². The normalized spacial score (nSPS) is 12.4. The lowest BCUT2D eigenvalue weighted by Gasteiger charge is -2.21. The van der Waals surface area contributed by atoms with Crippen molar-refractivity contribution in [1.82, 2.24) is 10.3 Å². The Morgan fingerprint density at radius 2 is 2.05 bits per heavy atom. The van der Waals surface area contributed by atoms with Crippen LogP contribution in [0.5, 0.6) is 0 Å². The van der Waals surface area contributed by atoms with E-state index < -0.39 is 5.82 Å². The van der Waals surface area contributed by atoms with Crippen molar-refractivity contribution in [2.45, 2.75) is 32.7 Å². The second kappa shape index (κ2) is 7.27. The zero-order valence-corrected chi connectivity index (χ0v) is 12.4. The Labute approximate surface area is 124 Å². The predicted molar refractivity (Wildman–Crippen MR) is 80.1 cm³/mol. The first-order chi connectivity index (χ1) is 10.1. The number of benzene rings is 1. The van der Waals surface area contributed by atoms with Crippen LogP contribution in [0.25, 0.3) is 0 Å². The maximum atomic E-state index is 13.9. The zero-order chi connectivity index (χ0) is 15.2. The number of nitrogens with zero attached hydrogens (tertiary/aromatic N) is 1. The van der Waals surface area contributed by atoms with E-state index in [1.165, 1.54) is 12.1 Å². The van der Waals surface area contributed by atoms with Crippen LogP contribution in [0, 0.1) is 18.6 Å². The summed E-state index contributed by atoms with van der Waals surface area (Å²) in [6.45, 7) is 4.89. The van der Waals surface area contributed by atoms with Crippen molar-refractivity contribution in [3.8, 4) is 0 Å². The van der Waals surface area contributed by atoms with Crippen LogP contribution in [-0.4, -0.2) is 11.5 Å². The third-order valence-corrected chi connectivity index (χ3v) is 3.53. The molecule has 21 heavy (non-hydrogen) atoms. The highest BCUT2D eigenvalue weighted by Crippen LogP contribution is 2.23. The Morgan fingerprint density at radius 1 is 1.24 bits per heavy atom. The average Bonchev–Trinajstić information content (AvgIpc) is 2.48. The number of nitrogens with one attached hydrogen (secondary N) is 1. The molecule has 2 nitrogen and oxygen atoms in total. The molecule has 0 bridgehead atoms. The Morgan fingerprint density at radius 3 is 2.76 bits per heavy atom. The number of hydrogen-bond acceptors (Lipinski definition) is 2. The number of halogens is 2. The zero-order valence-electron chi connectivity index (χ0n) is 12.4. The SMILES string of the molecule is CCCNC(Cc1cc(F)ccc1F)c1cnccc1C. The van der Waals surface area contributed by atoms with Crippen LogP contribution in [0.15, 0.2) is 36.7 Å². The van der Waals surface area contributed by atoms with Gasteiger partial charge >= 0.3 is 0 Å². The van der Waals surface area contributed by atoms with Crippen molar-refractivity contribution in [1.29, 1.82) is 0 Å². The summed E-state index contributed by atoms with van der Waals surface area (Å²) in [6, 6.07) is 5.44. The van der Waals surface area contributed by atoms with Gasteiger partial charge in [-0.1, -0.05) is 6.92 Å². The van der Waals surface area contributed by atoms with Crippen molar-refractivity contribution in [2.75, 3.05) is 6.54 Å². The Hall–Kier alpha value is -1.81. The Kier molecular flexibility index (Phi) is 5.39. The van der Waals surface area contributed by atoms with E-state index >= 15 is 0 Å². The summed E-state index contributed by atoms with van der Waals surface area (Å²) in [6.07, 6.45) is 4.90.